The predicted molar refractivity (Wildman–Crippen MR) is 64.1 cm³/mol. The number of carbonyl (C=O) groups is 1. The summed E-state index contributed by atoms with van der Waals surface area (Å²) in [7, 11) is 3.57. The van der Waals surface area contributed by atoms with Crippen LogP contribution in [0.25, 0.3) is 0 Å². The molecule has 3 atom stereocenters. The molecule has 3 unspecified atom stereocenters. The van der Waals surface area contributed by atoms with E-state index in [2.05, 4.69) is 11.8 Å². The highest BCUT2D eigenvalue weighted by Gasteiger charge is 2.31. The highest BCUT2D eigenvalue weighted by atomic mass is 16.3. The first-order chi connectivity index (χ1) is 7.47. The summed E-state index contributed by atoms with van der Waals surface area (Å²) in [6, 6.07) is -0.0726. The highest BCUT2D eigenvalue weighted by Crippen LogP contribution is 2.21. The molecular weight excluding hydrogens is 204 g/mol. The van der Waals surface area contributed by atoms with Crippen molar-refractivity contribution in [2.75, 3.05) is 27.2 Å². The number of hydrogen-bond acceptors (Lipinski definition) is 3. The van der Waals surface area contributed by atoms with Gasteiger partial charge >= 0.3 is 0 Å². The predicted octanol–water partition coefficient (Wildman–Crippen LogP) is 0.556. The molecule has 1 amide bonds. The van der Waals surface area contributed by atoms with Crippen LogP contribution in [0, 0.1) is 5.92 Å². The van der Waals surface area contributed by atoms with Gasteiger partial charge in [0.1, 0.15) is 0 Å². The van der Waals surface area contributed by atoms with Crippen molar-refractivity contribution in [3.05, 3.63) is 0 Å². The summed E-state index contributed by atoms with van der Waals surface area (Å²) in [5, 5.41) is 9.79. The molecule has 94 valence electrons. The number of likely N-dealkylation sites (tertiary alicyclic amines) is 1. The van der Waals surface area contributed by atoms with Crippen molar-refractivity contribution < 1.29 is 9.90 Å². The molecule has 0 aliphatic carbocycles. The lowest BCUT2D eigenvalue weighted by Crippen LogP contribution is -2.51. The molecular formula is C12H24N2O2. The Labute approximate surface area is 98.2 Å². The normalized spacial score (nSPS) is 28.8. The number of nitrogens with zero attached hydrogens (tertiary/aromatic N) is 2. The Bertz CT molecular complexity index is 243. The molecule has 16 heavy (non-hydrogen) atoms. The molecule has 0 radical (unpaired) electrons. The standard InChI is InChI=1S/C12H24N2O2/c1-5-10-8-14(7-6-11(10)15)9(2)12(16)13(3)4/h9-11,15H,5-8H2,1-4H3. The van der Waals surface area contributed by atoms with Gasteiger partial charge in [0.15, 0.2) is 0 Å². The fourth-order valence-electron chi connectivity index (χ4n) is 2.33. The molecule has 4 heteroatoms. The molecule has 0 saturated carbocycles. The Morgan fingerprint density at radius 1 is 1.56 bits per heavy atom. The summed E-state index contributed by atoms with van der Waals surface area (Å²) < 4.78 is 0. The SMILES string of the molecule is CCC1CN(C(C)C(=O)N(C)C)CCC1O. The van der Waals surface area contributed by atoms with E-state index in [-0.39, 0.29) is 18.1 Å². The average Bonchev–Trinajstić information content (AvgIpc) is 2.27. The first-order valence-corrected chi connectivity index (χ1v) is 6.10. The van der Waals surface area contributed by atoms with Gasteiger partial charge in [0, 0.05) is 27.2 Å². The van der Waals surface area contributed by atoms with Crippen LogP contribution in [0.15, 0.2) is 0 Å². The van der Waals surface area contributed by atoms with Gasteiger partial charge in [0.2, 0.25) is 5.91 Å². The van der Waals surface area contributed by atoms with E-state index in [1.54, 1.807) is 19.0 Å². The van der Waals surface area contributed by atoms with Crippen LogP contribution < -0.4 is 0 Å². The summed E-state index contributed by atoms with van der Waals surface area (Å²) in [6.07, 6.45) is 1.56. The number of likely N-dealkylation sites (N-methyl/N-ethyl adjacent to an activating group) is 1. The molecule has 0 aromatic rings. The van der Waals surface area contributed by atoms with Crippen LogP contribution in [0.4, 0.5) is 0 Å². The number of aliphatic hydroxyl groups excluding tert-OH is 1. The number of amides is 1. The van der Waals surface area contributed by atoms with Gasteiger partial charge in [-0.2, -0.15) is 0 Å². The maximum atomic E-state index is 11.8. The maximum absolute atomic E-state index is 11.8. The lowest BCUT2D eigenvalue weighted by Gasteiger charge is -2.39. The van der Waals surface area contributed by atoms with Gasteiger partial charge in [-0.05, 0) is 25.7 Å². The summed E-state index contributed by atoms with van der Waals surface area (Å²) in [5.74, 6) is 0.456. The van der Waals surface area contributed by atoms with Crippen LogP contribution in [0.3, 0.4) is 0 Å². The van der Waals surface area contributed by atoms with E-state index in [0.29, 0.717) is 5.92 Å². The molecule has 1 aliphatic heterocycles. The van der Waals surface area contributed by atoms with Crippen molar-refractivity contribution >= 4 is 5.91 Å². The van der Waals surface area contributed by atoms with Gasteiger partial charge in [0.05, 0.1) is 12.1 Å². The van der Waals surface area contributed by atoms with Crippen LogP contribution in [0.1, 0.15) is 26.7 Å². The van der Waals surface area contributed by atoms with Crippen molar-refractivity contribution in [3.63, 3.8) is 0 Å². The second-order valence-corrected chi connectivity index (χ2v) is 4.93. The molecule has 1 rings (SSSR count). The second-order valence-electron chi connectivity index (χ2n) is 4.93. The van der Waals surface area contributed by atoms with Crippen LogP contribution in [0.2, 0.25) is 0 Å². The van der Waals surface area contributed by atoms with Crippen LogP contribution in [-0.2, 0) is 4.79 Å². The minimum Gasteiger partial charge on any atom is -0.393 e. The van der Waals surface area contributed by atoms with Gasteiger partial charge < -0.3 is 10.0 Å². The van der Waals surface area contributed by atoms with Crippen molar-refractivity contribution in [1.29, 1.82) is 0 Å². The Morgan fingerprint density at radius 3 is 2.69 bits per heavy atom. The van der Waals surface area contributed by atoms with Gasteiger partial charge in [-0.15, -0.1) is 0 Å². The van der Waals surface area contributed by atoms with E-state index < -0.39 is 0 Å². The Morgan fingerprint density at radius 2 is 2.19 bits per heavy atom. The molecule has 1 saturated heterocycles. The molecule has 0 spiro atoms. The Kier molecular flexibility index (Phi) is 4.74. The van der Waals surface area contributed by atoms with Crippen molar-refractivity contribution in [3.8, 4) is 0 Å². The number of hydrogen-bond donors (Lipinski definition) is 1. The molecule has 1 aliphatic rings. The van der Waals surface area contributed by atoms with Crippen LogP contribution in [-0.4, -0.2) is 60.1 Å². The van der Waals surface area contributed by atoms with Gasteiger partial charge in [-0.3, -0.25) is 9.69 Å². The van der Waals surface area contributed by atoms with E-state index in [1.165, 1.54) is 0 Å². The molecule has 0 aromatic heterocycles. The molecule has 0 bridgehead atoms. The third-order valence-electron chi connectivity index (χ3n) is 3.60. The Hall–Kier alpha value is -0.610. The zero-order chi connectivity index (χ0) is 12.3. The molecule has 1 heterocycles. The van der Waals surface area contributed by atoms with Crippen molar-refractivity contribution in [2.45, 2.75) is 38.8 Å². The summed E-state index contributed by atoms with van der Waals surface area (Å²) in [4.78, 5) is 15.7. The first kappa shape index (κ1) is 13.5. The largest absolute Gasteiger partial charge is 0.393 e. The zero-order valence-electron chi connectivity index (χ0n) is 10.8. The first-order valence-electron chi connectivity index (χ1n) is 6.10. The smallest absolute Gasteiger partial charge is 0.239 e. The summed E-state index contributed by atoms with van der Waals surface area (Å²) in [5.41, 5.74) is 0. The fraction of sp³-hybridized carbons (Fsp3) is 0.917. The molecule has 1 N–H and O–H groups in total. The number of piperidine rings is 1. The monoisotopic (exact) mass is 228 g/mol. The topological polar surface area (TPSA) is 43.8 Å². The van der Waals surface area contributed by atoms with Crippen LogP contribution in [0.5, 0.6) is 0 Å². The third kappa shape index (κ3) is 2.95. The minimum absolute atomic E-state index is 0.0726. The number of rotatable bonds is 3. The third-order valence-corrected chi connectivity index (χ3v) is 3.60. The van der Waals surface area contributed by atoms with E-state index in [9.17, 15) is 9.90 Å². The minimum atomic E-state index is -0.192. The van der Waals surface area contributed by atoms with Crippen molar-refractivity contribution in [2.24, 2.45) is 5.92 Å². The van der Waals surface area contributed by atoms with Crippen molar-refractivity contribution in [1.82, 2.24) is 9.80 Å². The lowest BCUT2D eigenvalue weighted by molar-refractivity contribution is -0.135. The molecule has 1 fully saturated rings. The maximum Gasteiger partial charge on any atom is 0.239 e. The number of carbonyl (C=O) groups excluding carboxylic acids is 1. The van der Waals surface area contributed by atoms with Crippen LogP contribution >= 0.6 is 0 Å². The molecule has 4 nitrogen and oxygen atoms in total. The van der Waals surface area contributed by atoms with E-state index >= 15 is 0 Å². The summed E-state index contributed by atoms with van der Waals surface area (Å²) >= 11 is 0. The average molecular weight is 228 g/mol. The zero-order valence-corrected chi connectivity index (χ0v) is 10.8. The lowest BCUT2D eigenvalue weighted by atomic mass is 9.91. The van der Waals surface area contributed by atoms with Gasteiger partial charge in [0.25, 0.3) is 0 Å². The quantitative estimate of drug-likeness (QED) is 0.767. The summed E-state index contributed by atoms with van der Waals surface area (Å²) in [6.45, 7) is 5.69. The van der Waals surface area contributed by atoms with Gasteiger partial charge in [-0.25, -0.2) is 0 Å². The van der Waals surface area contributed by atoms with Gasteiger partial charge in [-0.1, -0.05) is 6.92 Å². The Balaban J connectivity index is 2.58. The van der Waals surface area contributed by atoms with E-state index in [1.807, 2.05) is 6.92 Å². The second kappa shape index (κ2) is 5.64. The number of aliphatic hydroxyl groups is 1. The van der Waals surface area contributed by atoms with E-state index in [4.69, 9.17) is 0 Å². The highest BCUT2D eigenvalue weighted by molar-refractivity contribution is 5.80. The molecule has 0 aromatic carbocycles. The fourth-order valence-corrected chi connectivity index (χ4v) is 2.33. The van der Waals surface area contributed by atoms with E-state index in [0.717, 1.165) is 25.9 Å².